The van der Waals surface area contributed by atoms with Gasteiger partial charge in [0, 0.05) is 22.6 Å². The number of methoxy groups -OCH3 is 1. The minimum absolute atomic E-state index is 0.341. The Morgan fingerprint density at radius 2 is 2.04 bits per heavy atom. The molecule has 0 bridgehead atoms. The molecule has 4 rings (SSSR count). The average molecular weight is 369 g/mol. The summed E-state index contributed by atoms with van der Waals surface area (Å²) >= 11 is 1.49. The van der Waals surface area contributed by atoms with Crippen molar-refractivity contribution in [1.82, 2.24) is 14.9 Å². The smallest absolute Gasteiger partial charge is 0.212 e. The van der Waals surface area contributed by atoms with Crippen molar-refractivity contribution >= 4 is 23.2 Å². The van der Waals surface area contributed by atoms with Gasteiger partial charge in [-0.3, -0.25) is 0 Å². The van der Waals surface area contributed by atoms with Crippen molar-refractivity contribution in [2.24, 2.45) is 5.10 Å². The van der Waals surface area contributed by atoms with Crippen molar-refractivity contribution in [1.29, 1.82) is 0 Å². The second kappa shape index (κ2) is 6.45. The zero-order valence-corrected chi connectivity index (χ0v) is 15.0. The number of fused-ring (bicyclic) bond motifs is 1. The predicted molar refractivity (Wildman–Crippen MR) is 100 cm³/mol. The molecule has 0 atom stereocenters. The van der Waals surface area contributed by atoms with Crippen LogP contribution in [0.2, 0.25) is 0 Å². The van der Waals surface area contributed by atoms with Crippen molar-refractivity contribution in [3.05, 3.63) is 53.3 Å². The molecule has 0 amide bonds. The van der Waals surface area contributed by atoms with E-state index in [9.17, 15) is 4.39 Å². The highest BCUT2D eigenvalue weighted by Gasteiger charge is 2.23. The number of thioether (sulfide) groups is 1. The van der Waals surface area contributed by atoms with Crippen LogP contribution in [0, 0.1) is 12.7 Å². The molecule has 0 saturated carbocycles. The first-order valence-corrected chi connectivity index (χ1v) is 8.92. The number of hydrogen-bond donors (Lipinski definition) is 1. The number of halogens is 1. The lowest BCUT2D eigenvalue weighted by molar-refractivity contribution is 0.416. The third kappa shape index (κ3) is 2.72. The van der Waals surface area contributed by atoms with Crippen LogP contribution in [0.4, 0.5) is 10.1 Å². The number of nitrogens with two attached hydrogens (primary N) is 1. The van der Waals surface area contributed by atoms with Gasteiger partial charge in [-0.05, 0) is 31.2 Å². The van der Waals surface area contributed by atoms with Gasteiger partial charge in [0.25, 0.3) is 0 Å². The number of nitrogens with zero attached hydrogens (tertiary/aromatic N) is 4. The Hall–Kier alpha value is -2.87. The number of para-hydroxylation sites is 1. The maximum atomic E-state index is 14.1. The normalized spacial score (nSPS) is 13.3. The quantitative estimate of drug-likeness (QED) is 0.717. The van der Waals surface area contributed by atoms with Crippen LogP contribution in [0.15, 0.2) is 46.7 Å². The second-order valence-electron chi connectivity index (χ2n) is 5.83. The summed E-state index contributed by atoms with van der Waals surface area (Å²) in [7, 11) is 1.60. The fourth-order valence-electron chi connectivity index (χ4n) is 2.73. The van der Waals surface area contributed by atoms with Crippen molar-refractivity contribution in [2.45, 2.75) is 12.1 Å². The van der Waals surface area contributed by atoms with E-state index in [-0.39, 0.29) is 5.82 Å². The summed E-state index contributed by atoms with van der Waals surface area (Å²) in [4.78, 5) is 0. The highest BCUT2D eigenvalue weighted by molar-refractivity contribution is 7.99. The minimum atomic E-state index is -0.341. The van der Waals surface area contributed by atoms with E-state index >= 15 is 0 Å². The minimum Gasteiger partial charge on any atom is -0.496 e. The largest absolute Gasteiger partial charge is 0.496 e. The molecule has 3 aromatic rings. The molecule has 0 fully saturated rings. The molecule has 0 aliphatic carbocycles. The molecule has 1 aromatic heterocycles. The van der Waals surface area contributed by atoms with Crippen LogP contribution in [0.3, 0.4) is 0 Å². The van der Waals surface area contributed by atoms with Crippen molar-refractivity contribution in [3.63, 3.8) is 0 Å². The molecule has 2 heterocycles. The van der Waals surface area contributed by atoms with Crippen LogP contribution < -0.4 is 10.5 Å². The van der Waals surface area contributed by atoms with Gasteiger partial charge in [0.15, 0.2) is 5.82 Å². The molecule has 26 heavy (non-hydrogen) atoms. The summed E-state index contributed by atoms with van der Waals surface area (Å²) in [6.07, 6.45) is 0. The first-order chi connectivity index (χ1) is 12.6. The van der Waals surface area contributed by atoms with Gasteiger partial charge in [0.05, 0.1) is 18.4 Å². The van der Waals surface area contributed by atoms with Crippen molar-refractivity contribution in [2.75, 3.05) is 18.6 Å². The lowest BCUT2D eigenvalue weighted by atomic mass is 10.1. The fourth-order valence-corrected chi connectivity index (χ4v) is 3.57. The third-order valence-electron chi connectivity index (χ3n) is 4.24. The van der Waals surface area contributed by atoms with Gasteiger partial charge in [0.2, 0.25) is 5.16 Å². The lowest BCUT2D eigenvalue weighted by Gasteiger charge is -2.15. The zero-order chi connectivity index (χ0) is 18.3. The molecule has 0 spiro atoms. The van der Waals surface area contributed by atoms with E-state index < -0.39 is 0 Å². The number of hydrogen-bond acceptors (Lipinski definition) is 6. The monoisotopic (exact) mass is 369 g/mol. The number of anilines is 1. The average Bonchev–Trinajstić information content (AvgIpc) is 3.08. The molecular formula is C18H16FN5OS. The predicted octanol–water partition coefficient (Wildman–Crippen LogP) is 3.34. The maximum absolute atomic E-state index is 14.1. The van der Waals surface area contributed by atoms with Gasteiger partial charge in [-0.2, -0.15) is 9.78 Å². The summed E-state index contributed by atoms with van der Waals surface area (Å²) < 4.78 is 21.2. The Balaban J connectivity index is 1.83. The second-order valence-corrected chi connectivity index (χ2v) is 6.77. The van der Waals surface area contributed by atoms with E-state index in [0.717, 1.165) is 5.56 Å². The lowest BCUT2D eigenvalue weighted by Crippen LogP contribution is -2.15. The fraction of sp³-hybridized carbons (Fsp3) is 0.167. The maximum Gasteiger partial charge on any atom is 0.212 e. The molecular weight excluding hydrogens is 353 g/mol. The third-order valence-corrected chi connectivity index (χ3v) is 5.17. The van der Waals surface area contributed by atoms with Gasteiger partial charge in [-0.15, -0.1) is 10.2 Å². The van der Waals surface area contributed by atoms with Crippen LogP contribution in [-0.4, -0.2) is 33.4 Å². The molecule has 132 valence electrons. The summed E-state index contributed by atoms with van der Waals surface area (Å²) in [5, 5.41) is 13.8. The van der Waals surface area contributed by atoms with Crippen LogP contribution >= 0.6 is 11.8 Å². The summed E-state index contributed by atoms with van der Waals surface area (Å²) in [5.74, 6) is 1.47. The summed E-state index contributed by atoms with van der Waals surface area (Å²) in [5.41, 5.74) is 8.92. The number of rotatable bonds is 3. The van der Waals surface area contributed by atoms with E-state index in [2.05, 4.69) is 15.3 Å². The van der Waals surface area contributed by atoms with Gasteiger partial charge in [-0.1, -0.05) is 23.9 Å². The highest BCUT2D eigenvalue weighted by atomic mass is 32.2. The molecule has 1 aliphatic rings. The van der Waals surface area contributed by atoms with Crippen LogP contribution in [0.25, 0.3) is 11.4 Å². The van der Waals surface area contributed by atoms with E-state index in [1.165, 1.54) is 17.8 Å². The van der Waals surface area contributed by atoms with Crippen LogP contribution in [-0.2, 0) is 0 Å². The number of aromatic nitrogens is 3. The van der Waals surface area contributed by atoms with Gasteiger partial charge in [0.1, 0.15) is 11.6 Å². The molecule has 0 radical (unpaired) electrons. The molecule has 1 aliphatic heterocycles. The SMILES string of the molecule is COc1ccccc1-c1nnc2n1N=C(c1cc(N)c(C)c(F)c1)CS2. The van der Waals surface area contributed by atoms with Gasteiger partial charge in [-0.25, -0.2) is 4.39 Å². The number of nitrogen functional groups attached to an aromatic ring is 1. The van der Waals surface area contributed by atoms with Crippen molar-refractivity contribution < 1.29 is 9.13 Å². The Kier molecular flexibility index (Phi) is 4.12. The summed E-state index contributed by atoms with van der Waals surface area (Å²) in [6.45, 7) is 1.66. The molecule has 6 nitrogen and oxygen atoms in total. The van der Waals surface area contributed by atoms with E-state index in [1.807, 2.05) is 24.3 Å². The molecule has 0 saturated heterocycles. The van der Waals surface area contributed by atoms with Gasteiger partial charge < -0.3 is 10.5 Å². The Morgan fingerprint density at radius 3 is 2.81 bits per heavy atom. The van der Waals surface area contributed by atoms with Crippen molar-refractivity contribution in [3.8, 4) is 17.1 Å². The van der Waals surface area contributed by atoms with E-state index in [4.69, 9.17) is 10.5 Å². The summed E-state index contributed by atoms with van der Waals surface area (Å²) in [6, 6.07) is 10.7. The Morgan fingerprint density at radius 1 is 1.23 bits per heavy atom. The van der Waals surface area contributed by atoms with Gasteiger partial charge >= 0.3 is 0 Å². The Bertz CT molecular complexity index is 1010. The first-order valence-electron chi connectivity index (χ1n) is 7.94. The topological polar surface area (TPSA) is 78.3 Å². The van der Waals surface area contributed by atoms with E-state index in [0.29, 0.717) is 45.0 Å². The zero-order valence-electron chi connectivity index (χ0n) is 14.2. The number of ether oxygens (including phenoxy) is 1. The molecule has 2 N–H and O–H groups in total. The van der Waals surface area contributed by atoms with Crippen LogP contribution in [0.1, 0.15) is 11.1 Å². The molecule has 0 unspecified atom stereocenters. The van der Waals surface area contributed by atoms with E-state index in [1.54, 1.807) is 24.8 Å². The Labute approximate surface area is 153 Å². The molecule has 2 aromatic carbocycles. The van der Waals surface area contributed by atoms with Crippen LogP contribution in [0.5, 0.6) is 5.75 Å². The highest BCUT2D eigenvalue weighted by Crippen LogP contribution is 2.33. The standard InChI is InChI=1S/C18H16FN5OS/c1-10-13(19)7-11(8-14(10)20)15-9-26-18-22-21-17(24(18)23-15)12-5-3-4-6-16(12)25-2/h3-8H,9,20H2,1-2H3. The molecule has 8 heteroatoms. The first kappa shape index (κ1) is 16.6. The number of benzene rings is 2.